The first-order valence-corrected chi connectivity index (χ1v) is 10.2. The van der Waals surface area contributed by atoms with Gasteiger partial charge in [0.2, 0.25) is 0 Å². The number of halogens is 2. The van der Waals surface area contributed by atoms with Crippen molar-refractivity contribution in [3.63, 3.8) is 0 Å². The van der Waals surface area contributed by atoms with Crippen molar-refractivity contribution in [3.8, 4) is 0 Å². The zero-order valence-electron chi connectivity index (χ0n) is 17.3. The van der Waals surface area contributed by atoms with Gasteiger partial charge in [0.05, 0.1) is 17.5 Å². The summed E-state index contributed by atoms with van der Waals surface area (Å²) in [6, 6.07) is 10.2. The minimum absolute atomic E-state index is 0.0937. The summed E-state index contributed by atoms with van der Waals surface area (Å²) in [7, 11) is 0. The molecule has 1 unspecified atom stereocenters. The van der Waals surface area contributed by atoms with Crippen molar-refractivity contribution >= 4 is 23.2 Å². The molecule has 0 aromatic heterocycles. The zero-order chi connectivity index (χ0) is 22.4. The van der Waals surface area contributed by atoms with Gasteiger partial charge < -0.3 is 25.5 Å². The van der Waals surface area contributed by atoms with E-state index in [1.54, 1.807) is 12.1 Å². The van der Waals surface area contributed by atoms with Crippen LogP contribution < -0.4 is 15.5 Å². The number of amides is 2. The number of rotatable bonds is 6. The smallest absolute Gasteiger partial charge is 0.313 e. The lowest BCUT2D eigenvalue weighted by atomic mass is 10.1. The van der Waals surface area contributed by atoms with E-state index in [0.29, 0.717) is 5.69 Å². The SMILES string of the molecule is CCN1CCN(c2ccccc2NC(=O)C(=O)NCC(O)c2ccc(F)c(F)c2)CC1. The van der Waals surface area contributed by atoms with Gasteiger partial charge in [-0.05, 0) is 36.4 Å². The number of likely N-dealkylation sites (N-methyl/N-ethyl adjacent to an activating group) is 1. The molecule has 1 atom stereocenters. The maximum atomic E-state index is 13.3. The third kappa shape index (κ3) is 5.77. The molecule has 2 aromatic rings. The lowest BCUT2D eigenvalue weighted by Gasteiger charge is -2.36. The number of hydrogen-bond acceptors (Lipinski definition) is 5. The second kappa shape index (κ2) is 10.3. The third-order valence-electron chi connectivity index (χ3n) is 5.30. The molecule has 2 amide bonds. The highest BCUT2D eigenvalue weighted by Crippen LogP contribution is 2.26. The van der Waals surface area contributed by atoms with E-state index in [1.165, 1.54) is 6.07 Å². The molecule has 166 valence electrons. The van der Waals surface area contributed by atoms with Crippen molar-refractivity contribution in [2.45, 2.75) is 13.0 Å². The fourth-order valence-electron chi connectivity index (χ4n) is 3.45. The lowest BCUT2D eigenvalue weighted by Crippen LogP contribution is -2.46. The molecule has 1 fully saturated rings. The zero-order valence-corrected chi connectivity index (χ0v) is 17.3. The quantitative estimate of drug-likeness (QED) is 0.608. The van der Waals surface area contributed by atoms with E-state index in [9.17, 15) is 23.5 Å². The topological polar surface area (TPSA) is 84.9 Å². The van der Waals surface area contributed by atoms with Crippen molar-refractivity contribution in [1.82, 2.24) is 10.2 Å². The second-order valence-electron chi connectivity index (χ2n) is 7.29. The number of aliphatic hydroxyl groups is 1. The minimum atomic E-state index is -1.28. The predicted molar refractivity (Wildman–Crippen MR) is 114 cm³/mol. The molecule has 2 aromatic carbocycles. The largest absolute Gasteiger partial charge is 0.387 e. The van der Waals surface area contributed by atoms with Crippen molar-refractivity contribution < 1.29 is 23.5 Å². The van der Waals surface area contributed by atoms with Gasteiger partial charge in [0.15, 0.2) is 11.6 Å². The molecule has 3 rings (SSSR count). The van der Waals surface area contributed by atoms with Crippen LogP contribution >= 0.6 is 0 Å². The molecule has 31 heavy (non-hydrogen) atoms. The van der Waals surface area contributed by atoms with Crippen LogP contribution in [0.4, 0.5) is 20.2 Å². The number of nitrogens with one attached hydrogen (secondary N) is 2. The van der Waals surface area contributed by atoms with Crippen LogP contribution in [0, 0.1) is 11.6 Å². The van der Waals surface area contributed by atoms with Crippen LogP contribution in [0.2, 0.25) is 0 Å². The molecule has 1 saturated heterocycles. The predicted octanol–water partition coefficient (Wildman–Crippen LogP) is 1.89. The van der Waals surface area contributed by atoms with Crippen LogP contribution in [-0.2, 0) is 9.59 Å². The first-order chi connectivity index (χ1) is 14.9. The van der Waals surface area contributed by atoms with Crippen LogP contribution in [0.1, 0.15) is 18.6 Å². The van der Waals surface area contributed by atoms with Gasteiger partial charge in [0.1, 0.15) is 0 Å². The second-order valence-corrected chi connectivity index (χ2v) is 7.29. The molecule has 0 aliphatic carbocycles. The molecule has 0 radical (unpaired) electrons. The molecule has 0 spiro atoms. The Morgan fingerprint density at radius 2 is 1.74 bits per heavy atom. The Labute approximate surface area is 179 Å². The Hall–Kier alpha value is -3.04. The van der Waals surface area contributed by atoms with Crippen LogP contribution in [0.25, 0.3) is 0 Å². The van der Waals surface area contributed by atoms with Gasteiger partial charge in [-0.25, -0.2) is 8.78 Å². The highest BCUT2D eigenvalue weighted by Gasteiger charge is 2.21. The summed E-state index contributed by atoms with van der Waals surface area (Å²) in [6.07, 6.45) is -1.28. The van der Waals surface area contributed by atoms with Crippen molar-refractivity contribution in [3.05, 3.63) is 59.7 Å². The molecule has 1 heterocycles. The average Bonchev–Trinajstić information content (AvgIpc) is 2.79. The number of aliphatic hydroxyl groups excluding tert-OH is 1. The average molecular weight is 432 g/mol. The number of hydrogen-bond donors (Lipinski definition) is 3. The van der Waals surface area contributed by atoms with E-state index in [1.807, 2.05) is 12.1 Å². The number of piperazine rings is 1. The number of nitrogens with zero attached hydrogens (tertiary/aromatic N) is 2. The van der Waals surface area contributed by atoms with E-state index < -0.39 is 29.6 Å². The summed E-state index contributed by atoms with van der Waals surface area (Å²) in [5.41, 5.74) is 1.45. The lowest BCUT2D eigenvalue weighted by molar-refractivity contribution is -0.136. The number of carbonyl (C=O) groups is 2. The van der Waals surface area contributed by atoms with Crippen molar-refractivity contribution in [2.24, 2.45) is 0 Å². The van der Waals surface area contributed by atoms with Crippen LogP contribution in [0.3, 0.4) is 0 Å². The van der Waals surface area contributed by atoms with Gasteiger partial charge in [0, 0.05) is 32.7 Å². The van der Waals surface area contributed by atoms with E-state index in [0.717, 1.165) is 50.5 Å². The molecule has 9 heteroatoms. The molecule has 3 N–H and O–H groups in total. The number of para-hydroxylation sites is 2. The number of benzene rings is 2. The Morgan fingerprint density at radius 3 is 2.42 bits per heavy atom. The first-order valence-electron chi connectivity index (χ1n) is 10.2. The summed E-state index contributed by atoms with van der Waals surface area (Å²) < 4.78 is 26.3. The highest BCUT2D eigenvalue weighted by molar-refractivity contribution is 6.39. The van der Waals surface area contributed by atoms with E-state index in [-0.39, 0.29) is 12.1 Å². The van der Waals surface area contributed by atoms with Crippen LogP contribution in [0.5, 0.6) is 0 Å². The van der Waals surface area contributed by atoms with Gasteiger partial charge in [-0.1, -0.05) is 25.1 Å². The van der Waals surface area contributed by atoms with Gasteiger partial charge in [-0.3, -0.25) is 9.59 Å². The Morgan fingerprint density at radius 1 is 1.03 bits per heavy atom. The molecular formula is C22H26F2N4O3. The van der Waals surface area contributed by atoms with Crippen LogP contribution in [0.15, 0.2) is 42.5 Å². The molecule has 0 saturated carbocycles. The van der Waals surface area contributed by atoms with E-state index in [2.05, 4.69) is 27.4 Å². The van der Waals surface area contributed by atoms with E-state index >= 15 is 0 Å². The van der Waals surface area contributed by atoms with Gasteiger partial charge in [0.25, 0.3) is 0 Å². The maximum absolute atomic E-state index is 13.3. The first kappa shape index (κ1) is 22.6. The monoisotopic (exact) mass is 432 g/mol. The fourth-order valence-corrected chi connectivity index (χ4v) is 3.45. The Balaban J connectivity index is 1.57. The number of anilines is 2. The van der Waals surface area contributed by atoms with Crippen molar-refractivity contribution in [1.29, 1.82) is 0 Å². The van der Waals surface area contributed by atoms with Gasteiger partial charge in [-0.2, -0.15) is 0 Å². The molecule has 1 aliphatic heterocycles. The third-order valence-corrected chi connectivity index (χ3v) is 5.30. The maximum Gasteiger partial charge on any atom is 0.313 e. The standard InChI is InChI=1S/C22H26F2N4O3/c1-2-27-9-11-28(12-10-27)19-6-4-3-5-18(19)26-22(31)21(30)25-14-20(29)15-7-8-16(23)17(24)13-15/h3-8,13,20,29H,2,9-12,14H2,1H3,(H,25,30)(H,26,31). The van der Waals surface area contributed by atoms with E-state index in [4.69, 9.17) is 0 Å². The Bertz CT molecular complexity index is 933. The fraction of sp³-hybridized carbons (Fsp3) is 0.364. The summed E-state index contributed by atoms with van der Waals surface area (Å²) >= 11 is 0. The van der Waals surface area contributed by atoms with Gasteiger partial charge in [-0.15, -0.1) is 0 Å². The molecule has 0 bridgehead atoms. The summed E-state index contributed by atoms with van der Waals surface area (Å²) in [5, 5.41) is 15.0. The van der Waals surface area contributed by atoms with Gasteiger partial charge >= 0.3 is 11.8 Å². The minimum Gasteiger partial charge on any atom is -0.387 e. The molecule has 7 nitrogen and oxygen atoms in total. The highest BCUT2D eigenvalue weighted by atomic mass is 19.2. The Kier molecular flexibility index (Phi) is 7.54. The van der Waals surface area contributed by atoms with Crippen molar-refractivity contribution in [2.75, 3.05) is 49.5 Å². The summed E-state index contributed by atoms with van der Waals surface area (Å²) in [4.78, 5) is 29.0. The molecule has 1 aliphatic rings. The summed E-state index contributed by atoms with van der Waals surface area (Å²) in [5.74, 6) is -3.95. The number of carbonyl (C=O) groups excluding carboxylic acids is 2. The normalized spacial score (nSPS) is 15.4. The summed E-state index contributed by atoms with van der Waals surface area (Å²) in [6.45, 7) is 6.25. The van der Waals surface area contributed by atoms with Crippen LogP contribution in [-0.4, -0.2) is 61.1 Å². The molecular weight excluding hydrogens is 406 g/mol.